The van der Waals surface area contributed by atoms with Crippen molar-refractivity contribution in [2.75, 3.05) is 17.3 Å². The molecular formula is C9H17N5O. The summed E-state index contributed by atoms with van der Waals surface area (Å²) in [4.78, 5) is 8.12. The van der Waals surface area contributed by atoms with Crippen molar-refractivity contribution < 1.29 is 5.11 Å². The first-order chi connectivity index (χ1) is 7.21. The average molecular weight is 211 g/mol. The van der Waals surface area contributed by atoms with E-state index in [1.165, 1.54) is 0 Å². The van der Waals surface area contributed by atoms with Crippen LogP contribution in [0.2, 0.25) is 0 Å². The number of hydrogen-bond acceptors (Lipinski definition) is 6. The molecule has 1 unspecified atom stereocenters. The number of hydrazine groups is 1. The zero-order chi connectivity index (χ0) is 11.3. The van der Waals surface area contributed by atoms with Gasteiger partial charge in [-0.1, -0.05) is 6.92 Å². The summed E-state index contributed by atoms with van der Waals surface area (Å²) in [6, 6.07) is 0.00391. The lowest BCUT2D eigenvalue weighted by Gasteiger charge is -2.16. The SMILES string of the molecule is CCC(CO)Nc1nc(NN)ncc1C. The number of nitrogens with two attached hydrogens (primary N) is 1. The highest BCUT2D eigenvalue weighted by Crippen LogP contribution is 2.13. The van der Waals surface area contributed by atoms with Crippen LogP contribution in [0.5, 0.6) is 0 Å². The number of anilines is 2. The van der Waals surface area contributed by atoms with Crippen molar-refractivity contribution in [3.05, 3.63) is 11.8 Å². The molecule has 84 valence electrons. The number of aliphatic hydroxyl groups excluding tert-OH is 1. The van der Waals surface area contributed by atoms with Gasteiger partial charge in [0.25, 0.3) is 0 Å². The largest absolute Gasteiger partial charge is 0.394 e. The van der Waals surface area contributed by atoms with Crippen molar-refractivity contribution in [3.63, 3.8) is 0 Å². The second-order valence-electron chi connectivity index (χ2n) is 3.30. The van der Waals surface area contributed by atoms with Gasteiger partial charge in [0.1, 0.15) is 5.82 Å². The van der Waals surface area contributed by atoms with Gasteiger partial charge in [0, 0.05) is 11.8 Å². The summed E-state index contributed by atoms with van der Waals surface area (Å²) in [6.45, 7) is 3.96. The van der Waals surface area contributed by atoms with Gasteiger partial charge in [-0.05, 0) is 13.3 Å². The Labute approximate surface area is 88.9 Å². The topological polar surface area (TPSA) is 96.1 Å². The molecule has 0 aliphatic carbocycles. The molecule has 0 aliphatic rings. The highest BCUT2D eigenvalue weighted by Gasteiger charge is 2.08. The number of aromatic nitrogens is 2. The van der Waals surface area contributed by atoms with Gasteiger partial charge in [0.15, 0.2) is 0 Å². The first-order valence-corrected chi connectivity index (χ1v) is 4.88. The Morgan fingerprint density at radius 3 is 2.87 bits per heavy atom. The highest BCUT2D eigenvalue weighted by atomic mass is 16.3. The molecule has 6 nitrogen and oxygen atoms in total. The second kappa shape index (κ2) is 5.47. The van der Waals surface area contributed by atoms with Crippen LogP contribution in [-0.2, 0) is 0 Å². The fourth-order valence-electron chi connectivity index (χ4n) is 1.13. The summed E-state index contributed by atoms with van der Waals surface area (Å²) < 4.78 is 0. The third-order valence-corrected chi connectivity index (χ3v) is 2.15. The van der Waals surface area contributed by atoms with Crippen LogP contribution in [0.25, 0.3) is 0 Å². The van der Waals surface area contributed by atoms with Gasteiger partial charge in [0.05, 0.1) is 12.6 Å². The molecule has 0 saturated heterocycles. The van der Waals surface area contributed by atoms with E-state index in [0.717, 1.165) is 12.0 Å². The number of hydrogen-bond donors (Lipinski definition) is 4. The van der Waals surface area contributed by atoms with Crippen molar-refractivity contribution in [1.82, 2.24) is 9.97 Å². The van der Waals surface area contributed by atoms with Crippen LogP contribution >= 0.6 is 0 Å². The van der Waals surface area contributed by atoms with Gasteiger partial charge >= 0.3 is 0 Å². The monoisotopic (exact) mass is 211 g/mol. The van der Waals surface area contributed by atoms with Crippen LogP contribution < -0.4 is 16.6 Å². The number of rotatable bonds is 5. The molecule has 0 saturated carbocycles. The third kappa shape index (κ3) is 3.03. The molecule has 0 aromatic carbocycles. The minimum absolute atomic E-state index is 0.00391. The fourth-order valence-corrected chi connectivity index (χ4v) is 1.13. The van der Waals surface area contributed by atoms with E-state index in [-0.39, 0.29) is 12.6 Å². The number of nitrogens with one attached hydrogen (secondary N) is 2. The standard InChI is InChI=1S/C9H17N5O/c1-3-7(5-15)12-8-6(2)4-11-9(13-8)14-10/h4,7,15H,3,5,10H2,1-2H3,(H2,11,12,13,14). The Hall–Kier alpha value is -1.40. The summed E-state index contributed by atoms with van der Waals surface area (Å²) in [5.41, 5.74) is 3.30. The molecule has 1 heterocycles. The van der Waals surface area contributed by atoms with Gasteiger partial charge in [-0.15, -0.1) is 0 Å². The van der Waals surface area contributed by atoms with Crippen molar-refractivity contribution >= 4 is 11.8 Å². The number of aryl methyl sites for hydroxylation is 1. The smallest absolute Gasteiger partial charge is 0.239 e. The molecule has 0 spiro atoms. The predicted octanol–water partition coefficient (Wildman–Crippen LogP) is 0.253. The lowest BCUT2D eigenvalue weighted by Crippen LogP contribution is -2.24. The summed E-state index contributed by atoms with van der Waals surface area (Å²) in [5.74, 6) is 6.26. The first-order valence-electron chi connectivity index (χ1n) is 4.88. The second-order valence-corrected chi connectivity index (χ2v) is 3.30. The maximum atomic E-state index is 9.06. The molecule has 6 heteroatoms. The average Bonchev–Trinajstić information content (AvgIpc) is 2.28. The zero-order valence-electron chi connectivity index (χ0n) is 8.99. The quantitative estimate of drug-likeness (QED) is 0.412. The minimum Gasteiger partial charge on any atom is -0.394 e. The molecule has 0 amide bonds. The van der Waals surface area contributed by atoms with Crippen LogP contribution in [0.1, 0.15) is 18.9 Å². The van der Waals surface area contributed by atoms with Gasteiger partial charge in [-0.3, -0.25) is 5.43 Å². The van der Waals surface area contributed by atoms with E-state index in [1.807, 2.05) is 13.8 Å². The Balaban J connectivity index is 2.82. The zero-order valence-corrected chi connectivity index (χ0v) is 8.99. The van der Waals surface area contributed by atoms with Crippen LogP contribution in [0.3, 0.4) is 0 Å². The van der Waals surface area contributed by atoms with E-state index < -0.39 is 0 Å². The van der Waals surface area contributed by atoms with Crippen molar-refractivity contribution in [3.8, 4) is 0 Å². The summed E-state index contributed by atoms with van der Waals surface area (Å²) >= 11 is 0. The Morgan fingerprint density at radius 1 is 1.60 bits per heavy atom. The maximum absolute atomic E-state index is 9.06. The third-order valence-electron chi connectivity index (χ3n) is 2.15. The van der Waals surface area contributed by atoms with Crippen LogP contribution in [-0.4, -0.2) is 27.7 Å². The molecule has 1 atom stereocenters. The molecule has 15 heavy (non-hydrogen) atoms. The molecule has 5 N–H and O–H groups in total. The molecule has 1 rings (SSSR count). The molecule has 0 bridgehead atoms. The molecule has 1 aromatic rings. The van der Waals surface area contributed by atoms with Gasteiger partial charge in [0.2, 0.25) is 5.95 Å². The van der Waals surface area contributed by atoms with Gasteiger partial charge < -0.3 is 10.4 Å². The molecule has 1 aromatic heterocycles. The first kappa shape index (κ1) is 11.7. The van der Waals surface area contributed by atoms with Crippen LogP contribution in [0.15, 0.2) is 6.20 Å². The lowest BCUT2D eigenvalue weighted by atomic mass is 10.2. The predicted molar refractivity (Wildman–Crippen MR) is 59.4 cm³/mol. The highest BCUT2D eigenvalue weighted by molar-refractivity contribution is 5.46. The van der Waals surface area contributed by atoms with Crippen LogP contribution in [0, 0.1) is 6.92 Å². The van der Waals surface area contributed by atoms with Gasteiger partial charge in [-0.2, -0.15) is 4.98 Å². The molecular weight excluding hydrogens is 194 g/mol. The summed E-state index contributed by atoms with van der Waals surface area (Å²) in [6.07, 6.45) is 2.50. The Morgan fingerprint density at radius 2 is 2.33 bits per heavy atom. The van der Waals surface area contributed by atoms with E-state index in [4.69, 9.17) is 10.9 Å². The van der Waals surface area contributed by atoms with E-state index >= 15 is 0 Å². The van der Waals surface area contributed by atoms with E-state index in [0.29, 0.717) is 11.8 Å². The number of nitrogens with zero attached hydrogens (tertiary/aromatic N) is 2. The van der Waals surface area contributed by atoms with Gasteiger partial charge in [-0.25, -0.2) is 10.8 Å². The molecule has 0 radical (unpaired) electrons. The lowest BCUT2D eigenvalue weighted by molar-refractivity contribution is 0.271. The van der Waals surface area contributed by atoms with Crippen molar-refractivity contribution in [2.45, 2.75) is 26.3 Å². The summed E-state index contributed by atoms with van der Waals surface area (Å²) in [5, 5.41) is 12.2. The number of aliphatic hydroxyl groups is 1. The molecule has 0 aliphatic heterocycles. The van der Waals surface area contributed by atoms with Crippen molar-refractivity contribution in [2.24, 2.45) is 5.84 Å². The number of nitrogen functional groups attached to an aromatic ring is 1. The van der Waals surface area contributed by atoms with Crippen molar-refractivity contribution in [1.29, 1.82) is 0 Å². The minimum atomic E-state index is 0.00391. The van der Waals surface area contributed by atoms with E-state index in [1.54, 1.807) is 6.20 Å². The van der Waals surface area contributed by atoms with E-state index in [9.17, 15) is 0 Å². The Kier molecular flexibility index (Phi) is 4.26. The van der Waals surface area contributed by atoms with E-state index in [2.05, 4.69) is 20.7 Å². The maximum Gasteiger partial charge on any atom is 0.239 e. The normalized spacial score (nSPS) is 12.3. The summed E-state index contributed by atoms with van der Waals surface area (Å²) in [7, 11) is 0. The van der Waals surface area contributed by atoms with Crippen LogP contribution in [0.4, 0.5) is 11.8 Å². The molecule has 0 fully saturated rings. The fraction of sp³-hybridized carbons (Fsp3) is 0.556. The Bertz CT molecular complexity index is 313.